The van der Waals surface area contributed by atoms with Crippen molar-refractivity contribution in [3.63, 3.8) is 0 Å². The zero-order valence-electron chi connectivity index (χ0n) is 9.40. The molecular formula is C13H14N2O2. The number of H-pyrrole nitrogens is 1. The van der Waals surface area contributed by atoms with Gasteiger partial charge in [0.15, 0.2) is 11.5 Å². The minimum absolute atomic E-state index is 0.518. The summed E-state index contributed by atoms with van der Waals surface area (Å²) < 4.78 is 11.0. The highest BCUT2D eigenvalue weighted by molar-refractivity contribution is 5.67. The molecule has 3 rings (SSSR count). The maximum absolute atomic E-state index is 5.58. The van der Waals surface area contributed by atoms with E-state index in [1.54, 1.807) is 0 Å². The maximum Gasteiger partial charge on any atom is 0.161 e. The van der Waals surface area contributed by atoms with E-state index in [9.17, 15) is 0 Å². The first-order valence-corrected chi connectivity index (χ1v) is 5.64. The van der Waals surface area contributed by atoms with E-state index in [4.69, 9.17) is 15.2 Å². The van der Waals surface area contributed by atoms with Crippen LogP contribution in [0, 0.1) is 0 Å². The van der Waals surface area contributed by atoms with Gasteiger partial charge in [-0.3, -0.25) is 0 Å². The Kier molecular flexibility index (Phi) is 2.49. The van der Waals surface area contributed by atoms with Gasteiger partial charge in [-0.15, -0.1) is 0 Å². The first kappa shape index (κ1) is 10.2. The highest BCUT2D eigenvalue weighted by Gasteiger charge is 2.12. The number of aromatic amines is 1. The fourth-order valence-corrected chi connectivity index (χ4v) is 1.95. The number of benzene rings is 1. The monoisotopic (exact) mass is 230 g/mol. The second kappa shape index (κ2) is 4.14. The third-order valence-electron chi connectivity index (χ3n) is 2.84. The molecule has 2 heterocycles. The minimum Gasteiger partial charge on any atom is -0.486 e. The Hall–Kier alpha value is -1.94. The minimum atomic E-state index is 0.518. The average molecular weight is 230 g/mol. The third kappa shape index (κ3) is 1.87. The van der Waals surface area contributed by atoms with Crippen LogP contribution in [0.4, 0.5) is 0 Å². The number of rotatable bonds is 2. The Bertz CT molecular complexity index is 534. The lowest BCUT2D eigenvalue weighted by Gasteiger charge is -2.18. The molecule has 3 N–H and O–H groups in total. The van der Waals surface area contributed by atoms with Crippen LogP contribution >= 0.6 is 0 Å². The summed E-state index contributed by atoms with van der Waals surface area (Å²) in [6.45, 7) is 1.75. The summed E-state index contributed by atoms with van der Waals surface area (Å²) >= 11 is 0. The predicted molar refractivity (Wildman–Crippen MR) is 65.1 cm³/mol. The molecule has 4 nitrogen and oxygen atoms in total. The van der Waals surface area contributed by atoms with Crippen LogP contribution in [-0.4, -0.2) is 18.2 Å². The molecule has 0 fully saturated rings. The van der Waals surface area contributed by atoms with Crippen LogP contribution in [0.1, 0.15) is 5.69 Å². The molecule has 17 heavy (non-hydrogen) atoms. The van der Waals surface area contributed by atoms with Crippen LogP contribution in [0.3, 0.4) is 0 Å². The number of aromatic nitrogens is 1. The Morgan fingerprint density at radius 1 is 1.06 bits per heavy atom. The molecule has 4 heteroatoms. The molecule has 0 saturated carbocycles. The van der Waals surface area contributed by atoms with Gasteiger partial charge < -0.3 is 20.2 Å². The molecule has 0 radical (unpaired) electrons. The molecule has 88 valence electrons. The number of nitrogens with one attached hydrogen (secondary N) is 1. The summed E-state index contributed by atoms with van der Waals surface area (Å²) in [5.41, 5.74) is 8.81. The maximum atomic E-state index is 5.58. The summed E-state index contributed by atoms with van der Waals surface area (Å²) in [6, 6.07) is 8.01. The SMILES string of the molecule is NCc1cc(-c2ccc3c(c2)OCCO3)c[nH]1. The summed E-state index contributed by atoms with van der Waals surface area (Å²) in [5.74, 6) is 1.62. The topological polar surface area (TPSA) is 60.3 Å². The summed E-state index contributed by atoms with van der Waals surface area (Å²) in [7, 11) is 0. The molecule has 0 unspecified atom stereocenters. The van der Waals surface area contributed by atoms with Crippen LogP contribution < -0.4 is 15.2 Å². The van der Waals surface area contributed by atoms with Crippen molar-refractivity contribution in [1.29, 1.82) is 0 Å². The normalized spacial score (nSPS) is 13.7. The van der Waals surface area contributed by atoms with E-state index in [2.05, 4.69) is 4.98 Å². The van der Waals surface area contributed by atoms with Gasteiger partial charge in [0.2, 0.25) is 0 Å². The lowest BCUT2D eigenvalue weighted by atomic mass is 10.1. The van der Waals surface area contributed by atoms with Gasteiger partial charge >= 0.3 is 0 Å². The zero-order valence-corrected chi connectivity index (χ0v) is 9.40. The number of nitrogens with two attached hydrogens (primary N) is 1. The van der Waals surface area contributed by atoms with Gasteiger partial charge in [0, 0.05) is 18.4 Å². The van der Waals surface area contributed by atoms with Gasteiger partial charge in [0.1, 0.15) is 13.2 Å². The van der Waals surface area contributed by atoms with Crippen molar-refractivity contribution < 1.29 is 9.47 Å². The van der Waals surface area contributed by atoms with E-state index in [1.807, 2.05) is 30.5 Å². The van der Waals surface area contributed by atoms with E-state index >= 15 is 0 Å². The lowest BCUT2D eigenvalue weighted by molar-refractivity contribution is 0.171. The largest absolute Gasteiger partial charge is 0.486 e. The van der Waals surface area contributed by atoms with Crippen molar-refractivity contribution in [2.75, 3.05) is 13.2 Å². The van der Waals surface area contributed by atoms with E-state index in [0.29, 0.717) is 19.8 Å². The predicted octanol–water partition coefficient (Wildman–Crippen LogP) is 1.91. The third-order valence-corrected chi connectivity index (χ3v) is 2.84. The van der Waals surface area contributed by atoms with Crippen molar-refractivity contribution in [2.24, 2.45) is 5.73 Å². The van der Waals surface area contributed by atoms with Gasteiger partial charge in [-0.2, -0.15) is 0 Å². The number of ether oxygens (including phenoxy) is 2. The fraction of sp³-hybridized carbons (Fsp3) is 0.231. The summed E-state index contributed by atoms with van der Waals surface area (Å²) in [4.78, 5) is 3.14. The van der Waals surface area contributed by atoms with E-state index in [0.717, 1.165) is 28.3 Å². The second-order valence-electron chi connectivity index (χ2n) is 3.98. The molecule has 1 aliphatic rings. The van der Waals surface area contributed by atoms with E-state index in [-0.39, 0.29) is 0 Å². The molecule has 0 saturated heterocycles. The van der Waals surface area contributed by atoms with E-state index in [1.165, 1.54) is 0 Å². The molecule has 0 amide bonds. The Morgan fingerprint density at radius 3 is 2.65 bits per heavy atom. The van der Waals surface area contributed by atoms with Gasteiger partial charge in [-0.05, 0) is 29.3 Å². The number of hydrogen-bond donors (Lipinski definition) is 2. The van der Waals surface area contributed by atoms with Crippen LogP contribution in [-0.2, 0) is 6.54 Å². The van der Waals surface area contributed by atoms with Crippen molar-refractivity contribution in [3.05, 3.63) is 36.2 Å². The van der Waals surface area contributed by atoms with Crippen molar-refractivity contribution >= 4 is 0 Å². The first-order chi connectivity index (χ1) is 8.36. The number of hydrogen-bond acceptors (Lipinski definition) is 3. The molecule has 1 aromatic carbocycles. The van der Waals surface area contributed by atoms with Gasteiger partial charge in [0.05, 0.1) is 0 Å². The molecular weight excluding hydrogens is 216 g/mol. The first-order valence-electron chi connectivity index (χ1n) is 5.64. The molecule has 1 aliphatic heterocycles. The van der Waals surface area contributed by atoms with Gasteiger partial charge in [-0.1, -0.05) is 6.07 Å². The molecule has 0 aliphatic carbocycles. The van der Waals surface area contributed by atoms with Gasteiger partial charge in [-0.25, -0.2) is 0 Å². The molecule has 1 aromatic heterocycles. The Morgan fingerprint density at radius 2 is 1.88 bits per heavy atom. The highest BCUT2D eigenvalue weighted by atomic mass is 16.6. The average Bonchev–Trinajstić information content (AvgIpc) is 2.87. The van der Waals surface area contributed by atoms with Crippen molar-refractivity contribution in [3.8, 4) is 22.6 Å². The van der Waals surface area contributed by atoms with Crippen molar-refractivity contribution in [1.82, 2.24) is 4.98 Å². The lowest BCUT2D eigenvalue weighted by Crippen LogP contribution is -2.15. The van der Waals surface area contributed by atoms with Crippen LogP contribution in [0.5, 0.6) is 11.5 Å². The zero-order chi connectivity index (χ0) is 11.7. The molecule has 0 spiro atoms. The summed E-state index contributed by atoms with van der Waals surface area (Å²) in [6.07, 6.45) is 1.95. The van der Waals surface area contributed by atoms with Crippen LogP contribution in [0.25, 0.3) is 11.1 Å². The number of fused-ring (bicyclic) bond motifs is 1. The van der Waals surface area contributed by atoms with Gasteiger partial charge in [0.25, 0.3) is 0 Å². The Balaban J connectivity index is 1.97. The smallest absolute Gasteiger partial charge is 0.161 e. The fourth-order valence-electron chi connectivity index (χ4n) is 1.95. The Labute approximate surface area is 99.4 Å². The quantitative estimate of drug-likeness (QED) is 0.828. The highest BCUT2D eigenvalue weighted by Crippen LogP contribution is 2.34. The molecule has 0 atom stereocenters. The van der Waals surface area contributed by atoms with Crippen LogP contribution in [0.2, 0.25) is 0 Å². The molecule has 2 aromatic rings. The summed E-state index contributed by atoms with van der Waals surface area (Å²) in [5, 5.41) is 0. The standard InChI is InChI=1S/C13H14N2O2/c14-7-11-5-10(8-15-11)9-1-2-12-13(6-9)17-4-3-16-12/h1-2,5-6,8,15H,3-4,7,14H2. The second-order valence-corrected chi connectivity index (χ2v) is 3.98. The molecule has 0 bridgehead atoms. The van der Waals surface area contributed by atoms with Crippen molar-refractivity contribution in [2.45, 2.75) is 6.54 Å². The van der Waals surface area contributed by atoms with E-state index < -0.39 is 0 Å². The van der Waals surface area contributed by atoms with Crippen LogP contribution in [0.15, 0.2) is 30.5 Å².